The molecule has 0 aliphatic rings. The van der Waals surface area contributed by atoms with Gasteiger partial charge in [0.05, 0.1) is 0 Å². The molecule has 0 radical (unpaired) electrons. The van der Waals surface area contributed by atoms with E-state index in [0.29, 0.717) is 6.54 Å². The lowest BCUT2D eigenvalue weighted by molar-refractivity contribution is 0.795. The van der Waals surface area contributed by atoms with Gasteiger partial charge >= 0.3 is 0 Å². The number of nitrogens with zero attached hydrogens (tertiary/aromatic N) is 3. The zero-order valence-corrected chi connectivity index (χ0v) is 15.6. The van der Waals surface area contributed by atoms with Gasteiger partial charge in [0.2, 0.25) is 0 Å². The van der Waals surface area contributed by atoms with Crippen molar-refractivity contribution < 1.29 is 0 Å². The van der Waals surface area contributed by atoms with Crippen LogP contribution >= 0.6 is 0 Å². The number of aromatic amines is 1. The van der Waals surface area contributed by atoms with Crippen molar-refractivity contribution in [3.05, 3.63) is 59.9 Å². The second kappa shape index (κ2) is 8.38. The maximum Gasteiger partial charge on any atom is 0.191 e. The molecule has 0 spiro atoms. The largest absolute Gasteiger partial charge is 0.363 e. The van der Waals surface area contributed by atoms with Gasteiger partial charge in [0.25, 0.3) is 0 Å². The minimum Gasteiger partial charge on any atom is -0.363 e. The van der Waals surface area contributed by atoms with E-state index < -0.39 is 0 Å². The van der Waals surface area contributed by atoms with Crippen molar-refractivity contribution in [1.82, 2.24) is 20.6 Å². The van der Waals surface area contributed by atoms with Gasteiger partial charge in [-0.05, 0) is 35.7 Å². The molecule has 6 heteroatoms. The van der Waals surface area contributed by atoms with Crippen LogP contribution in [0.5, 0.6) is 0 Å². The van der Waals surface area contributed by atoms with Crippen molar-refractivity contribution in [3.63, 3.8) is 0 Å². The predicted molar refractivity (Wildman–Crippen MR) is 109 cm³/mol. The van der Waals surface area contributed by atoms with E-state index >= 15 is 0 Å². The summed E-state index contributed by atoms with van der Waals surface area (Å²) in [4.78, 5) is 14.0. The van der Waals surface area contributed by atoms with Gasteiger partial charge in [0.15, 0.2) is 5.96 Å². The van der Waals surface area contributed by atoms with Gasteiger partial charge in [-0.3, -0.25) is 4.99 Å². The molecule has 0 aliphatic heterocycles. The molecule has 2 heterocycles. The molecule has 0 aliphatic carbocycles. The Balaban J connectivity index is 1.51. The maximum absolute atomic E-state index is 4.34. The van der Waals surface area contributed by atoms with Gasteiger partial charge in [-0.1, -0.05) is 18.2 Å². The van der Waals surface area contributed by atoms with Crippen molar-refractivity contribution in [2.24, 2.45) is 4.99 Å². The summed E-state index contributed by atoms with van der Waals surface area (Å²) < 4.78 is 0. The lowest BCUT2D eigenvalue weighted by Crippen LogP contribution is -2.37. The van der Waals surface area contributed by atoms with Gasteiger partial charge in [-0.25, -0.2) is 4.98 Å². The number of nitrogens with one attached hydrogen (secondary N) is 3. The Morgan fingerprint density at radius 2 is 2.04 bits per heavy atom. The van der Waals surface area contributed by atoms with Crippen LogP contribution in [0.25, 0.3) is 10.9 Å². The first kappa shape index (κ1) is 17.8. The molecule has 26 heavy (non-hydrogen) atoms. The molecule has 0 bridgehead atoms. The number of guanidine groups is 1. The number of aromatic nitrogens is 2. The molecular weight excluding hydrogens is 324 g/mol. The molecule has 3 aromatic rings. The highest BCUT2D eigenvalue weighted by Gasteiger charge is 2.04. The smallest absolute Gasteiger partial charge is 0.191 e. The molecule has 3 rings (SSSR count). The molecule has 0 saturated heterocycles. The molecule has 1 aromatic carbocycles. The number of fused-ring (bicyclic) bond motifs is 1. The van der Waals surface area contributed by atoms with Crippen molar-refractivity contribution >= 4 is 22.7 Å². The number of aliphatic imine (C=N–C) groups is 1. The number of para-hydroxylation sites is 1. The van der Waals surface area contributed by atoms with Crippen LogP contribution in [0.3, 0.4) is 0 Å². The van der Waals surface area contributed by atoms with Crippen molar-refractivity contribution in [2.75, 3.05) is 32.6 Å². The highest BCUT2D eigenvalue weighted by atomic mass is 15.2. The summed E-state index contributed by atoms with van der Waals surface area (Å²) in [5.41, 5.74) is 3.66. The minimum absolute atomic E-state index is 0.704. The quantitative estimate of drug-likeness (QED) is 0.472. The van der Waals surface area contributed by atoms with E-state index in [-0.39, 0.29) is 0 Å². The Kier molecular flexibility index (Phi) is 5.73. The number of pyridine rings is 1. The van der Waals surface area contributed by atoms with Crippen LogP contribution in [0.15, 0.2) is 53.8 Å². The third kappa shape index (κ3) is 4.33. The topological polar surface area (TPSA) is 68.3 Å². The van der Waals surface area contributed by atoms with E-state index in [9.17, 15) is 0 Å². The fourth-order valence-corrected chi connectivity index (χ4v) is 2.88. The number of rotatable bonds is 6. The second-order valence-electron chi connectivity index (χ2n) is 6.38. The van der Waals surface area contributed by atoms with E-state index in [4.69, 9.17) is 0 Å². The first-order chi connectivity index (χ1) is 12.7. The molecule has 0 atom stereocenters. The van der Waals surface area contributed by atoms with Crippen LogP contribution in [0.4, 0.5) is 5.82 Å². The number of benzene rings is 1. The van der Waals surface area contributed by atoms with Gasteiger partial charge in [0, 0.05) is 57.5 Å². The summed E-state index contributed by atoms with van der Waals surface area (Å²) in [7, 11) is 5.77. The molecule has 0 unspecified atom stereocenters. The van der Waals surface area contributed by atoms with E-state index in [2.05, 4.69) is 56.1 Å². The lowest BCUT2D eigenvalue weighted by atomic mass is 10.1. The van der Waals surface area contributed by atoms with E-state index in [0.717, 1.165) is 24.7 Å². The Labute approximate surface area is 154 Å². The molecule has 0 fully saturated rings. The van der Waals surface area contributed by atoms with Crippen LogP contribution < -0.4 is 15.5 Å². The Bertz CT molecular complexity index is 881. The predicted octanol–water partition coefficient (Wildman–Crippen LogP) is 2.54. The molecular formula is C20H26N6. The van der Waals surface area contributed by atoms with Gasteiger partial charge < -0.3 is 20.5 Å². The zero-order chi connectivity index (χ0) is 18.4. The second-order valence-corrected chi connectivity index (χ2v) is 6.38. The monoisotopic (exact) mass is 350 g/mol. The van der Waals surface area contributed by atoms with Crippen LogP contribution in [0.2, 0.25) is 0 Å². The number of anilines is 1. The normalized spacial score (nSPS) is 11.6. The van der Waals surface area contributed by atoms with Crippen LogP contribution in [0, 0.1) is 0 Å². The summed E-state index contributed by atoms with van der Waals surface area (Å²) in [6, 6.07) is 12.5. The first-order valence-electron chi connectivity index (χ1n) is 8.79. The Morgan fingerprint density at radius 3 is 2.85 bits per heavy atom. The molecule has 136 valence electrons. The molecule has 2 aromatic heterocycles. The van der Waals surface area contributed by atoms with Crippen molar-refractivity contribution in [3.8, 4) is 0 Å². The van der Waals surface area contributed by atoms with Crippen LogP contribution in [-0.2, 0) is 13.0 Å². The first-order valence-corrected chi connectivity index (χ1v) is 8.79. The number of H-pyrrole nitrogens is 1. The molecule has 0 amide bonds. The Hall–Kier alpha value is -3.02. The highest BCUT2D eigenvalue weighted by molar-refractivity contribution is 5.83. The summed E-state index contributed by atoms with van der Waals surface area (Å²) in [5, 5.41) is 8.02. The minimum atomic E-state index is 0.704. The third-order valence-electron chi connectivity index (χ3n) is 4.31. The fourth-order valence-electron chi connectivity index (χ4n) is 2.88. The van der Waals surface area contributed by atoms with Gasteiger partial charge in [0.1, 0.15) is 5.82 Å². The summed E-state index contributed by atoms with van der Waals surface area (Å²) in [5.74, 6) is 1.75. The molecule has 6 nitrogen and oxygen atoms in total. The summed E-state index contributed by atoms with van der Waals surface area (Å²) in [6.07, 6.45) is 4.85. The van der Waals surface area contributed by atoms with Crippen LogP contribution in [0.1, 0.15) is 11.1 Å². The highest BCUT2D eigenvalue weighted by Crippen LogP contribution is 2.17. The van der Waals surface area contributed by atoms with E-state index in [1.165, 1.54) is 22.0 Å². The fraction of sp³-hybridized carbons (Fsp3) is 0.300. The average Bonchev–Trinajstić information content (AvgIpc) is 3.08. The molecule has 3 N–H and O–H groups in total. The van der Waals surface area contributed by atoms with E-state index in [1.54, 1.807) is 7.05 Å². The summed E-state index contributed by atoms with van der Waals surface area (Å²) >= 11 is 0. The van der Waals surface area contributed by atoms with Gasteiger partial charge in [-0.15, -0.1) is 0 Å². The van der Waals surface area contributed by atoms with Crippen molar-refractivity contribution in [2.45, 2.75) is 13.0 Å². The average molecular weight is 350 g/mol. The standard InChI is InChI=1S/C20H26N6/c1-21-20(25-13-15-8-10-22-19(12-15)26(2)3)23-11-9-16-14-24-18-7-5-4-6-17(16)18/h4-8,10,12,14,24H,9,11,13H2,1-3H3,(H2,21,23,25). The van der Waals surface area contributed by atoms with Crippen LogP contribution in [-0.4, -0.2) is 43.6 Å². The van der Waals surface area contributed by atoms with E-state index in [1.807, 2.05) is 37.3 Å². The molecule has 0 saturated carbocycles. The SMILES string of the molecule is CN=C(NCCc1c[nH]c2ccccc12)NCc1ccnc(N(C)C)c1. The Morgan fingerprint density at radius 1 is 1.19 bits per heavy atom. The lowest BCUT2D eigenvalue weighted by Gasteiger charge is -2.14. The zero-order valence-electron chi connectivity index (χ0n) is 15.6. The van der Waals surface area contributed by atoms with Crippen molar-refractivity contribution in [1.29, 1.82) is 0 Å². The van der Waals surface area contributed by atoms with Gasteiger partial charge in [-0.2, -0.15) is 0 Å². The maximum atomic E-state index is 4.34. The number of hydrogen-bond donors (Lipinski definition) is 3. The summed E-state index contributed by atoms with van der Waals surface area (Å²) in [6.45, 7) is 1.52. The third-order valence-corrected chi connectivity index (χ3v) is 4.31. The number of hydrogen-bond acceptors (Lipinski definition) is 3.